The van der Waals surface area contributed by atoms with Gasteiger partial charge in [-0.15, -0.1) is 0 Å². The second-order valence-corrected chi connectivity index (χ2v) is 4.00. The van der Waals surface area contributed by atoms with Gasteiger partial charge in [-0.05, 0) is 19.4 Å². The van der Waals surface area contributed by atoms with Crippen molar-refractivity contribution in [3.05, 3.63) is 40.5 Å². The molecule has 0 fully saturated rings. The number of carbonyl (C=O) groups is 2. The molecular formula is C14H14O3. The van der Waals surface area contributed by atoms with E-state index in [-0.39, 0.29) is 11.6 Å². The van der Waals surface area contributed by atoms with E-state index < -0.39 is 0 Å². The highest BCUT2D eigenvalue weighted by molar-refractivity contribution is 6.27. The third-order valence-corrected chi connectivity index (χ3v) is 3.14. The zero-order valence-electron chi connectivity index (χ0n) is 10.2. The van der Waals surface area contributed by atoms with E-state index in [0.29, 0.717) is 34.4 Å². The van der Waals surface area contributed by atoms with Gasteiger partial charge in [-0.2, -0.15) is 0 Å². The fraction of sp³-hybridized carbons (Fsp3) is 0.286. The van der Waals surface area contributed by atoms with Crippen molar-refractivity contribution in [3.8, 4) is 5.75 Å². The first kappa shape index (κ1) is 11.6. The van der Waals surface area contributed by atoms with E-state index in [2.05, 4.69) is 0 Å². The summed E-state index contributed by atoms with van der Waals surface area (Å²) in [5.41, 5.74) is 2.00. The number of ether oxygens (including phenoxy) is 1. The van der Waals surface area contributed by atoms with Gasteiger partial charge in [0.15, 0.2) is 11.6 Å². The van der Waals surface area contributed by atoms with Crippen LogP contribution in [-0.2, 0) is 0 Å². The molecule has 17 heavy (non-hydrogen) atoms. The van der Waals surface area contributed by atoms with E-state index in [0.717, 1.165) is 0 Å². The molecule has 0 aliphatic heterocycles. The van der Waals surface area contributed by atoms with Crippen molar-refractivity contribution in [2.75, 3.05) is 7.11 Å². The Labute approximate surface area is 100 Å². The first-order chi connectivity index (χ1) is 8.11. The quantitative estimate of drug-likeness (QED) is 0.784. The van der Waals surface area contributed by atoms with Crippen LogP contribution in [0.1, 0.15) is 41.0 Å². The molecule has 0 atom stereocenters. The molecule has 3 heteroatoms. The summed E-state index contributed by atoms with van der Waals surface area (Å²) in [6.45, 7) is 3.59. The molecule has 0 heterocycles. The van der Waals surface area contributed by atoms with E-state index in [1.54, 1.807) is 25.1 Å². The highest BCUT2D eigenvalue weighted by Gasteiger charge is 2.31. The first-order valence-electron chi connectivity index (χ1n) is 5.58. The first-order valence-corrected chi connectivity index (χ1v) is 5.58. The predicted molar refractivity (Wildman–Crippen MR) is 64.6 cm³/mol. The minimum Gasteiger partial charge on any atom is -0.496 e. The van der Waals surface area contributed by atoms with Crippen LogP contribution in [-0.4, -0.2) is 18.7 Å². The summed E-state index contributed by atoms with van der Waals surface area (Å²) in [6, 6.07) is 5.11. The van der Waals surface area contributed by atoms with Crippen LogP contribution >= 0.6 is 0 Å². The second kappa shape index (κ2) is 4.17. The fourth-order valence-corrected chi connectivity index (χ4v) is 2.21. The van der Waals surface area contributed by atoms with Crippen molar-refractivity contribution in [3.63, 3.8) is 0 Å². The molecule has 0 bridgehead atoms. The molecule has 0 aromatic heterocycles. The second-order valence-electron chi connectivity index (χ2n) is 4.00. The molecule has 0 saturated carbocycles. The lowest BCUT2D eigenvalue weighted by Gasteiger charge is -2.20. The Morgan fingerprint density at radius 2 is 1.88 bits per heavy atom. The highest BCUT2D eigenvalue weighted by atomic mass is 16.5. The lowest BCUT2D eigenvalue weighted by molar-refractivity contribution is 0.0970. The highest BCUT2D eigenvalue weighted by Crippen LogP contribution is 2.33. The van der Waals surface area contributed by atoms with Crippen molar-refractivity contribution in [1.82, 2.24) is 0 Å². The average molecular weight is 230 g/mol. The molecule has 3 nitrogen and oxygen atoms in total. The third kappa shape index (κ3) is 1.58. The van der Waals surface area contributed by atoms with Crippen LogP contribution in [0.15, 0.2) is 29.3 Å². The zero-order valence-corrected chi connectivity index (χ0v) is 10.2. The summed E-state index contributed by atoms with van der Waals surface area (Å²) in [7, 11) is 1.50. The number of hydrogen-bond acceptors (Lipinski definition) is 3. The SMILES string of the molecule is CCC1=C(C)C(=O)c2cccc(OC)c2C1=O. The maximum atomic E-state index is 12.3. The van der Waals surface area contributed by atoms with E-state index >= 15 is 0 Å². The number of benzene rings is 1. The van der Waals surface area contributed by atoms with Crippen LogP contribution in [0.5, 0.6) is 5.75 Å². The molecule has 1 aliphatic rings. The number of allylic oxidation sites excluding steroid dienone is 2. The smallest absolute Gasteiger partial charge is 0.193 e. The Balaban J connectivity index is 2.73. The molecule has 0 spiro atoms. The largest absolute Gasteiger partial charge is 0.496 e. The molecule has 1 aliphatic carbocycles. The number of carbonyl (C=O) groups excluding carboxylic acids is 2. The number of methoxy groups -OCH3 is 1. The van der Waals surface area contributed by atoms with Crippen molar-refractivity contribution in [2.24, 2.45) is 0 Å². The van der Waals surface area contributed by atoms with Crippen LogP contribution in [0.3, 0.4) is 0 Å². The minimum absolute atomic E-state index is 0.0737. The molecule has 0 saturated heterocycles. The standard InChI is InChI=1S/C14H14O3/c1-4-9-8(2)13(15)10-6-5-7-11(17-3)12(10)14(9)16/h5-7H,4H2,1-3H3. The minimum atomic E-state index is -0.0861. The summed E-state index contributed by atoms with van der Waals surface area (Å²) in [6.07, 6.45) is 0.563. The Kier molecular flexibility index (Phi) is 2.84. The summed E-state index contributed by atoms with van der Waals surface area (Å²) in [4.78, 5) is 24.4. The molecule has 0 unspecified atom stereocenters. The molecule has 0 amide bonds. The van der Waals surface area contributed by atoms with Crippen molar-refractivity contribution in [2.45, 2.75) is 20.3 Å². The van der Waals surface area contributed by atoms with Gasteiger partial charge in [0.05, 0.1) is 12.7 Å². The fourth-order valence-electron chi connectivity index (χ4n) is 2.21. The zero-order chi connectivity index (χ0) is 12.6. The monoisotopic (exact) mass is 230 g/mol. The predicted octanol–water partition coefficient (Wildman–Crippen LogP) is 2.80. The normalized spacial score (nSPS) is 15.0. The number of hydrogen-bond donors (Lipinski definition) is 0. The van der Waals surface area contributed by atoms with Gasteiger partial charge in [0.1, 0.15) is 5.75 Å². The number of rotatable bonds is 2. The number of Topliss-reactive ketones (excluding diaryl/α,β-unsaturated/α-hetero) is 2. The van der Waals surface area contributed by atoms with Gasteiger partial charge < -0.3 is 4.74 Å². The Morgan fingerprint density at radius 3 is 2.47 bits per heavy atom. The van der Waals surface area contributed by atoms with Crippen molar-refractivity contribution >= 4 is 11.6 Å². The maximum Gasteiger partial charge on any atom is 0.193 e. The van der Waals surface area contributed by atoms with Gasteiger partial charge in [-0.1, -0.05) is 19.1 Å². The van der Waals surface area contributed by atoms with Crippen LogP contribution < -0.4 is 4.74 Å². The van der Waals surface area contributed by atoms with E-state index in [4.69, 9.17) is 4.74 Å². The van der Waals surface area contributed by atoms with Gasteiger partial charge in [0, 0.05) is 16.7 Å². The molecule has 1 aromatic carbocycles. The van der Waals surface area contributed by atoms with E-state index in [1.807, 2.05) is 6.92 Å². The number of fused-ring (bicyclic) bond motifs is 1. The van der Waals surface area contributed by atoms with Gasteiger partial charge in [-0.3, -0.25) is 9.59 Å². The average Bonchev–Trinajstić information content (AvgIpc) is 2.36. The van der Waals surface area contributed by atoms with Crippen molar-refractivity contribution in [1.29, 1.82) is 0 Å². The van der Waals surface area contributed by atoms with Gasteiger partial charge in [0.25, 0.3) is 0 Å². The Hall–Kier alpha value is -1.90. The summed E-state index contributed by atoms with van der Waals surface area (Å²) in [5, 5.41) is 0. The molecule has 0 radical (unpaired) electrons. The molecule has 88 valence electrons. The van der Waals surface area contributed by atoms with Gasteiger partial charge in [-0.25, -0.2) is 0 Å². The topological polar surface area (TPSA) is 43.4 Å². The lowest BCUT2D eigenvalue weighted by Crippen LogP contribution is -2.21. The molecular weight excluding hydrogens is 216 g/mol. The third-order valence-electron chi connectivity index (χ3n) is 3.14. The summed E-state index contributed by atoms with van der Waals surface area (Å²) in [5.74, 6) is 0.312. The Morgan fingerprint density at radius 1 is 1.18 bits per heavy atom. The molecule has 2 rings (SSSR count). The Bertz CT molecular complexity index is 538. The molecule has 0 N–H and O–H groups in total. The number of ketones is 2. The summed E-state index contributed by atoms with van der Waals surface area (Å²) < 4.78 is 5.16. The van der Waals surface area contributed by atoms with Crippen molar-refractivity contribution < 1.29 is 14.3 Å². The summed E-state index contributed by atoms with van der Waals surface area (Å²) >= 11 is 0. The van der Waals surface area contributed by atoms with Gasteiger partial charge >= 0.3 is 0 Å². The van der Waals surface area contributed by atoms with Crippen LogP contribution in [0.25, 0.3) is 0 Å². The van der Waals surface area contributed by atoms with E-state index in [1.165, 1.54) is 7.11 Å². The van der Waals surface area contributed by atoms with Crippen LogP contribution in [0.4, 0.5) is 0 Å². The molecule has 1 aromatic rings. The van der Waals surface area contributed by atoms with E-state index in [9.17, 15) is 9.59 Å². The lowest BCUT2D eigenvalue weighted by atomic mass is 9.83. The van der Waals surface area contributed by atoms with Crippen LogP contribution in [0, 0.1) is 0 Å². The van der Waals surface area contributed by atoms with Gasteiger partial charge in [0.2, 0.25) is 0 Å². The van der Waals surface area contributed by atoms with Crippen LogP contribution in [0.2, 0.25) is 0 Å². The maximum absolute atomic E-state index is 12.3.